The minimum Gasteiger partial charge on any atom is -0.474 e. The Morgan fingerprint density at radius 2 is 1.91 bits per heavy atom. The molecule has 0 amide bonds. The summed E-state index contributed by atoms with van der Waals surface area (Å²) in [6.07, 6.45) is 0.0686. The molecule has 1 aromatic carbocycles. The van der Waals surface area contributed by atoms with Gasteiger partial charge in [-0.2, -0.15) is 10.1 Å². The van der Waals surface area contributed by atoms with Crippen molar-refractivity contribution >= 4 is 22.4 Å². The molecular weight excluding hydrogens is 276 g/mol. The number of hydrogen-bond acceptors (Lipinski definition) is 4. The number of ether oxygens (including phenoxy) is 1. The summed E-state index contributed by atoms with van der Waals surface area (Å²) >= 11 is 0. The lowest BCUT2D eigenvalue weighted by Crippen LogP contribution is -2.08. The zero-order chi connectivity index (χ0) is 15.7. The zero-order valence-electron chi connectivity index (χ0n) is 13.3. The van der Waals surface area contributed by atoms with E-state index in [2.05, 4.69) is 33.5 Å². The minimum absolute atomic E-state index is 0.0686. The van der Waals surface area contributed by atoms with Crippen molar-refractivity contribution in [2.24, 2.45) is 0 Å². The highest BCUT2D eigenvalue weighted by atomic mass is 16.5. The lowest BCUT2D eigenvalue weighted by atomic mass is 10.1. The van der Waals surface area contributed by atoms with Crippen molar-refractivity contribution in [1.29, 1.82) is 0 Å². The monoisotopic (exact) mass is 296 g/mol. The van der Waals surface area contributed by atoms with Gasteiger partial charge in [0.25, 0.3) is 0 Å². The summed E-state index contributed by atoms with van der Waals surface area (Å²) in [6.45, 7) is 8.05. The van der Waals surface area contributed by atoms with E-state index >= 15 is 0 Å². The van der Waals surface area contributed by atoms with E-state index in [0.29, 0.717) is 5.88 Å². The van der Waals surface area contributed by atoms with Crippen molar-refractivity contribution in [3.8, 4) is 5.88 Å². The normalized spacial score (nSPS) is 11.1. The van der Waals surface area contributed by atoms with E-state index in [1.807, 2.05) is 45.0 Å². The van der Waals surface area contributed by atoms with Crippen LogP contribution in [0.4, 0.5) is 11.6 Å². The van der Waals surface area contributed by atoms with Crippen molar-refractivity contribution in [2.75, 3.05) is 5.32 Å². The fourth-order valence-corrected chi connectivity index (χ4v) is 2.39. The molecule has 0 spiro atoms. The third-order valence-electron chi connectivity index (χ3n) is 3.37. The van der Waals surface area contributed by atoms with Gasteiger partial charge in [-0.25, -0.2) is 0 Å². The predicted molar refractivity (Wildman–Crippen MR) is 88.9 cm³/mol. The van der Waals surface area contributed by atoms with Crippen molar-refractivity contribution in [2.45, 2.75) is 33.8 Å². The molecule has 0 saturated heterocycles. The number of nitrogens with zero attached hydrogens (tertiary/aromatic N) is 2. The van der Waals surface area contributed by atoms with Gasteiger partial charge < -0.3 is 10.1 Å². The lowest BCUT2D eigenvalue weighted by molar-refractivity contribution is 0.236. The molecule has 0 radical (unpaired) electrons. The molecule has 0 fully saturated rings. The van der Waals surface area contributed by atoms with Crippen LogP contribution in [0.2, 0.25) is 0 Å². The van der Waals surface area contributed by atoms with Crippen LogP contribution in [0.5, 0.6) is 5.88 Å². The maximum atomic E-state index is 5.89. The molecule has 0 aliphatic carbocycles. The second-order valence-corrected chi connectivity index (χ2v) is 5.71. The maximum Gasteiger partial charge on any atom is 0.223 e. The third kappa shape index (κ3) is 2.88. The molecule has 2 heterocycles. The quantitative estimate of drug-likeness (QED) is 0.760. The number of pyridine rings is 1. The van der Waals surface area contributed by atoms with Gasteiger partial charge in [0.1, 0.15) is 5.82 Å². The lowest BCUT2D eigenvalue weighted by Gasteiger charge is -2.14. The molecule has 0 aliphatic rings. The molecule has 0 aliphatic heterocycles. The first kappa shape index (κ1) is 14.4. The average Bonchev–Trinajstić information content (AvgIpc) is 2.85. The van der Waals surface area contributed by atoms with Crippen LogP contribution in [-0.4, -0.2) is 21.3 Å². The zero-order valence-corrected chi connectivity index (χ0v) is 13.3. The summed E-state index contributed by atoms with van der Waals surface area (Å²) in [7, 11) is 0. The number of H-pyrrole nitrogens is 1. The topological polar surface area (TPSA) is 62.8 Å². The number of aromatic nitrogens is 3. The van der Waals surface area contributed by atoms with E-state index in [0.717, 1.165) is 28.1 Å². The molecule has 0 atom stereocenters. The largest absolute Gasteiger partial charge is 0.474 e. The summed E-state index contributed by atoms with van der Waals surface area (Å²) in [5, 5.41) is 12.5. The van der Waals surface area contributed by atoms with Crippen LogP contribution in [0.3, 0.4) is 0 Å². The van der Waals surface area contributed by atoms with Gasteiger partial charge >= 0.3 is 0 Å². The smallest absolute Gasteiger partial charge is 0.223 e. The number of aryl methyl sites for hydroxylation is 2. The Morgan fingerprint density at radius 1 is 1.09 bits per heavy atom. The molecule has 5 heteroatoms. The van der Waals surface area contributed by atoms with Crippen molar-refractivity contribution in [1.82, 2.24) is 15.2 Å². The van der Waals surface area contributed by atoms with E-state index in [9.17, 15) is 0 Å². The number of fused-ring (bicyclic) bond motifs is 1. The third-order valence-corrected chi connectivity index (χ3v) is 3.37. The maximum absolute atomic E-state index is 5.89. The first-order valence-corrected chi connectivity index (χ1v) is 7.39. The molecule has 22 heavy (non-hydrogen) atoms. The van der Waals surface area contributed by atoms with Crippen LogP contribution in [0.25, 0.3) is 10.8 Å². The molecule has 3 rings (SSSR count). The summed E-state index contributed by atoms with van der Waals surface area (Å²) in [6, 6.07) is 10.1. The molecule has 3 aromatic rings. The molecular formula is C17H20N4O. The summed E-state index contributed by atoms with van der Waals surface area (Å²) < 4.78 is 5.89. The van der Waals surface area contributed by atoms with Crippen LogP contribution in [0.1, 0.15) is 25.1 Å². The van der Waals surface area contributed by atoms with Crippen LogP contribution in [0, 0.1) is 13.8 Å². The van der Waals surface area contributed by atoms with E-state index in [-0.39, 0.29) is 6.10 Å². The van der Waals surface area contributed by atoms with Gasteiger partial charge in [0.2, 0.25) is 5.88 Å². The van der Waals surface area contributed by atoms with Crippen LogP contribution in [-0.2, 0) is 0 Å². The molecule has 0 saturated carbocycles. The number of nitrogens with one attached hydrogen (secondary N) is 2. The fraction of sp³-hybridized carbons (Fsp3) is 0.294. The van der Waals surface area contributed by atoms with Gasteiger partial charge in [0, 0.05) is 17.1 Å². The van der Waals surface area contributed by atoms with Crippen molar-refractivity contribution in [3.63, 3.8) is 0 Å². The van der Waals surface area contributed by atoms with E-state index < -0.39 is 0 Å². The summed E-state index contributed by atoms with van der Waals surface area (Å²) in [5.74, 6) is 2.11. The first-order valence-electron chi connectivity index (χ1n) is 7.39. The molecule has 2 aromatic heterocycles. The van der Waals surface area contributed by atoms with E-state index in [4.69, 9.17) is 4.74 Å². The van der Waals surface area contributed by atoms with Gasteiger partial charge in [0.15, 0.2) is 5.82 Å². The Labute approximate surface area is 129 Å². The SMILES string of the molecule is Cc1cc(Nc2cc3c(C)cccc3c(OC(C)C)n2)n[nH]1. The second-order valence-electron chi connectivity index (χ2n) is 5.71. The van der Waals surface area contributed by atoms with Crippen molar-refractivity contribution in [3.05, 3.63) is 41.6 Å². The highest BCUT2D eigenvalue weighted by Gasteiger charge is 2.11. The van der Waals surface area contributed by atoms with Crippen LogP contribution in [0.15, 0.2) is 30.3 Å². The molecule has 0 unspecified atom stereocenters. The van der Waals surface area contributed by atoms with Gasteiger partial charge in [-0.15, -0.1) is 0 Å². The van der Waals surface area contributed by atoms with Gasteiger partial charge in [-0.05, 0) is 50.8 Å². The Bertz CT molecular complexity index is 808. The van der Waals surface area contributed by atoms with Crippen LogP contribution >= 0.6 is 0 Å². The van der Waals surface area contributed by atoms with Gasteiger partial charge in [0.05, 0.1) is 6.10 Å². The van der Waals surface area contributed by atoms with E-state index in [1.54, 1.807) is 0 Å². The number of anilines is 2. The van der Waals surface area contributed by atoms with E-state index in [1.165, 1.54) is 5.56 Å². The number of hydrogen-bond donors (Lipinski definition) is 2. The Morgan fingerprint density at radius 3 is 2.59 bits per heavy atom. The average molecular weight is 296 g/mol. The fourth-order valence-electron chi connectivity index (χ4n) is 2.39. The minimum atomic E-state index is 0.0686. The Hall–Kier alpha value is -2.56. The highest BCUT2D eigenvalue weighted by molar-refractivity contribution is 5.91. The summed E-state index contributed by atoms with van der Waals surface area (Å²) in [4.78, 5) is 4.60. The Balaban J connectivity index is 2.08. The molecule has 2 N–H and O–H groups in total. The predicted octanol–water partition coefficient (Wildman–Crippen LogP) is 4.11. The van der Waals surface area contributed by atoms with Crippen LogP contribution < -0.4 is 10.1 Å². The van der Waals surface area contributed by atoms with Gasteiger partial charge in [-0.3, -0.25) is 5.10 Å². The standard InChI is InChI=1S/C17H20N4O/c1-10(2)22-17-13-7-5-6-11(3)14(13)9-15(19-17)18-16-8-12(4)20-21-16/h5-10H,1-4H3,(H2,18,19,20,21). The number of rotatable bonds is 4. The Kier molecular flexibility index (Phi) is 3.71. The highest BCUT2D eigenvalue weighted by Crippen LogP contribution is 2.30. The van der Waals surface area contributed by atoms with Gasteiger partial charge in [-0.1, -0.05) is 12.1 Å². The van der Waals surface area contributed by atoms with Crippen molar-refractivity contribution < 1.29 is 4.74 Å². The molecule has 114 valence electrons. The number of aromatic amines is 1. The second kappa shape index (κ2) is 5.67. The molecule has 5 nitrogen and oxygen atoms in total. The molecule has 0 bridgehead atoms. The number of benzene rings is 1. The first-order chi connectivity index (χ1) is 10.5. The summed E-state index contributed by atoms with van der Waals surface area (Å²) in [5.41, 5.74) is 2.19.